The van der Waals surface area contributed by atoms with Crippen LogP contribution in [0.4, 0.5) is 0 Å². The van der Waals surface area contributed by atoms with Gasteiger partial charge in [0.15, 0.2) is 0 Å². The Labute approximate surface area is 99.0 Å². The van der Waals surface area contributed by atoms with E-state index in [1.165, 1.54) is 12.8 Å². The molecule has 0 radical (unpaired) electrons. The fourth-order valence-electron chi connectivity index (χ4n) is 2.00. The molecule has 1 aliphatic rings. The molecule has 0 spiro atoms. The van der Waals surface area contributed by atoms with E-state index in [4.69, 9.17) is 4.74 Å². The molecule has 4 nitrogen and oxygen atoms in total. The van der Waals surface area contributed by atoms with E-state index < -0.39 is 0 Å². The van der Waals surface area contributed by atoms with Gasteiger partial charge in [-0.1, -0.05) is 6.92 Å². The van der Waals surface area contributed by atoms with Gasteiger partial charge in [0.1, 0.15) is 0 Å². The summed E-state index contributed by atoms with van der Waals surface area (Å²) < 4.78 is 5.17. The fourth-order valence-corrected chi connectivity index (χ4v) is 2.00. The molecule has 96 valence electrons. The summed E-state index contributed by atoms with van der Waals surface area (Å²) in [5.74, 6) is 0. The number of aliphatic hydroxyl groups is 1. The molecule has 0 aromatic carbocycles. The highest BCUT2D eigenvalue weighted by atomic mass is 16.5. The minimum atomic E-state index is 0.201. The zero-order valence-corrected chi connectivity index (χ0v) is 10.8. The third-order valence-electron chi connectivity index (χ3n) is 3.16. The monoisotopic (exact) mass is 230 g/mol. The largest absolute Gasteiger partial charge is 0.395 e. The Morgan fingerprint density at radius 3 is 2.62 bits per heavy atom. The van der Waals surface area contributed by atoms with Gasteiger partial charge < -0.3 is 15.2 Å². The average Bonchev–Trinajstić information content (AvgIpc) is 3.08. The summed E-state index contributed by atoms with van der Waals surface area (Å²) >= 11 is 0. The van der Waals surface area contributed by atoms with Gasteiger partial charge in [-0.05, 0) is 26.3 Å². The maximum Gasteiger partial charge on any atom is 0.0615 e. The number of nitrogens with zero attached hydrogens (tertiary/aromatic N) is 1. The number of aliphatic hydroxyl groups excluding tert-OH is 1. The number of ether oxygens (including phenoxy) is 1. The van der Waals surface area contributed by atoms with Crippen LogP contribution in [0.25, 0.3) is 0 Å². The van der Waals surface area contributed by atoms with E-state index in [-0.39, 0.29) is 12.6 Å². The van der Waals surface area contributed by atoms with E-state index in [9.17, 15) is 5.11 Å². The number of hydrogen-bond acceptors (Lipinski definition) is 4. The second kappa shape index (κ2) is 7.22. The summed E-state index contributed by atoms with van der Waals surface area (Å²) in [5, 5.41) is 12.8. The molecule has 1 saturated carbocycles. The van der Waals surface area contributed by atoms with Crippen LogP contribution in [0.1, 0.15) is 26.7 Å². The van der Waals surface area contributed by atoms with Gasteiger partial charge in [-0.3, -0.25) is 4.90 Å². The number of nitrogens with one attached hydrogen (secondary N) is 1. The third-order valence-corrected chi connectivity index (χ3v) is 3.16. The summed E-state index contributed by atoms with van der Waals surface area (Å²) in [7, 11) is 1.73. The maximum absolute atomic E-state index is 9.34. The van der Waals surface area contributed by atoms with Gasteiger partial charge in [0, 0.05) is 31.8 Å². The van der Waals surface area contributed by atoms with Crippen LogP contribution >= 0.6 is 0 Å². The molecule has 0 aromatic heterocycles. The highest BCUT2D eigenvalue weighted by Crippen LogP contribution is 2.19. The second-order valence-corrected chi connectivity index (χ2v) is 4.71. The normalized spacial score (nSPS) is 20.1. The average molecular weight is 230 g/mol. The van der Waals surface area contributed by atoms with Crippen LogP contribution in [-0.2, 0) is 4.74 Å². The highest BCUT2D eigenvalue weighted by molar-refractivity contribution is 4.86. The van der Waals surface area contributed by atoms with Gasteiger partial charge in [0.25, 0.3) is 0 Å². The molecule has 16 heavy (non-hydrogen) atoms. The van der Waals surface area contributed by atoms with E-state index in [2.05, 4.69) is 24.1 Å². The molecule has 0 heterocycles. The zero-order valence-electron chi connectivity index (χ0n) is 10.8. The van der Waals surface area contributed by atoms with Crippen molar-refractivity contribution >= 4 is 0 Å². The Morgan fingerprint density at radius 1 is 1.50 bits per heavy atom. The van der Waals surface area contributed by atoms with E-state index in [1.54, 1.807) is 7.11 Å². The molecule has 4 heteroatoms. The van der Waals surface area contributed by atoms with Gasteiger partial charge in [-0.25, -0.2) is 0 Å². The number of hydrogen-bond donors (Lipinski definition) is 2. The van der Waals surface area contributed by atoms with Crippen LogP contribution in [0.2, 0.25) is 0 Å². The SMILES string of the molecule is CCN(CC(CO)NC1CC1)C(C)COC. The van der Waals surface area contributed by atoms with Crippen molar-refractivity contribution in [2.75, 3.05) is 33.4 Å². The standard InChI is InChI=1S/C12H26N2O2/c1-4-14(10(2)9-16-3)7-12(8-15)13-11-5-6-11/h10-13,15H,4-9H2,1-3H3. The van der Waals surface area contributed by atoms with Gasteiger partial charge in [0.05, 0.1) is 13.2 Å². The second-order valence-electron chi connectivity index (χ2n) is 4.71. The van der Waals surface area contributed by atoms with E-state index in [0.29, 0.717) is 12.1 Å². The zero-order chi connectivity index (χ0) is 12.0. The van der Waals surface area contributed by atoms with Crippen LogP contribution in [0, 0.1) is 0 Å². The Balaban J connectivity index is 2.32. The lowest BCUT2D eigenvalue weighted by Crippen LogP contribution is -2.48. The minimum absolute atomic E-state index is 0.201. The predicted molar refractivity (Wildman–Crippen MR) is 65.6 cm³/mol. The fraction of sp³-hybridized carbons (Fsp3) is 1.00. The van der Waals surface area contributed by atoms with Crippen molar-refractivity contribution in [3.8, 4) is 0 Å². The molecule has 0 amide bonds. The first-order valence-electron chi connectivity index (χ1n) is 6.31. The molecular weight excluding hydrogens is 204 g/mol. The Bertz CT molecular complexity index is 186. The predicted octanol–water partition coefficient (Wildman–Crippen LogP) is 0.456. The summed E-state index contributed by atoms with van der Waals surface area (Å²) in [6.07, 6.45) is 2.52. The van der Waals surface area contributed by atoms with E-state index in [0.717, 1.165) is 19.7 Å². The van der Waals surface area contributed by atoms with Crippen molar-refractivity contribution in [2.24, 2.45) is 0 Å². The summed E-state index contributed by atoms with van der Waals surface area (Å²) in [5.41, 5.74) is 0. The van der Waals surface area contributed by atoms with Crippen molar-refractivity contribution in [1.29, 1.82) is 0 Å². The van der Waals surface area contributed by atoms with Crippen molar-refractivity contribution in [3.05, 3.63) is 0 Å². The lowest BCUT2D eigenvalue weighted by molar-refractivity contribution is 0.0871. The van der Waals surface area contributed by atoms with Gasteiger partial charge in [-0.15, -0.1) is 0 Å². The first-order chi connectivity index (χ1) is 7.71. The van der Waals surface area contributed by atoms with Crippen LogP contribution in [-0.4, -0.2) is 61.5 Å². The molecule has 0 aliphatic heterocycles. The molecule has 0 saturated heterocycles. The van der Waals surface area contributed by atoms with Crippen LogP contribution in [0.3, 0.4) is 0 Å². The molecule has 2 atom stereocenters. The van der Waals surface area contributed by atoms with Crippen molar-refractivity contribution in [1.82, 2.24) is 10.2 Å². The Hall–Kier alpha value is -0.160. The summed E-state index contributed by atoms with van der Waals surface area (Å²) in [4.78, 5) is 2.35. The Kier molecular flexibility index (Phi) is 6.28. The number of likely N-dealkylation sites (N-methyl/N-ethyl adjacent to an activating group) is 1. The third kappa shape index (κ3) is 4.78. The van der Waals surface area contributed by atoms with Crippen LogP contribution in [0.15, 0.2) is 0 Å². The van der Waals surface area contributed by atoms with Crippen molar-refractivity contribution in [3.63, 3.8) is 0 Å². The van der Waals surface area contributed by atoms with Gasteiger partial charge in [0.2, 0.25) is 0 Å². The van der Waals surface area contributed by atoms with Crippen LogP contribution < -0.4 is 5.32 Å². The quantitative estimate of drug-likeness (QED) is 0.604. The summed E-state index contributed by atoms with van der Waals surface area (Å²) in [6.45, 7) is 7.17. The topological polar surface area (TPSA) is 44.7 Å². The Morgan fingerprint density at radius 2 is 2.19 bits per heavy atom. The molecule has 2 N–H and O–H groups in total. The van der Waals surface area contributed by atoms with Gasteiger partial charge >= 0.3 is 0 Å². The molecule has 2 unspecified atom stereocenters. The molecule has 1 aliphatic carbocycles. The number of rotatable bonds is 9. The molecule has 1 fully saturated rings. The lowest BCUT2D eigenvalue weighted by Gasteiger charge is -2.31. The van der Waals surface area contributed by atoms with E-state index in [1.807, 2.05) is 0 Å². The summed E-state index contributed by atoms with van der Waals surface area (Å²) in [6, 6.07) is 1.25. The lowest BCUT2D eigenvalue weighted by atomic mass is 10.2. The number of methoxy groups -OCH3 is 1. The first-order valence-corrected chi connectivity index (χ1v) is 6.31. The smallest absolute Gasteiger partial charge is 0.0615 e. The molecular formula is C12H26N2O2. The highest BCUT2D eigenvalue weighted by Gasteiger charge is 2.25. The van der Waals surface area contributed by atoms with Gasteiger partial charge in [-0.2, -0.15) is 0 Å². The van der Waals surface area contributed by atoms with Crippen molar-refractivity contribution < 1.29 is 9.84 Å². The first kappa shape index (κ1) is 13.9. The molecule has 0 bridgehead atoms. The minimum Gasteiger partial charge on any atom is -0.395 e. The van der Waals surface area contributed by atoms with E-state index >= 15 is 0 Å². The molecule has 1 rings (SSSR count). The van der Waals surface area contributed by atoms with Crippen LogP contribution in [0.5, 0.6) is 0 Å². The van der Waals surface area contributed by atoms with Crippen molar-refractivity contribution in [2.45, 2.75) is 44.8 Å². The maximum atomic E-state index is 9.34. The molecule has 0 aromatic rings.